The highest BCUT2D eigenvalue weighted by molar-refractivity contribution is 6.33. The van der Waals surface area contributed by atoms with E-state index in [-0.39, 0.29) is 5.54 Å². The number of aromatic nitrogens is 2. The molecule has 0 radical (unpaired) electrons. The Bertz CT molecular complexity index is 558. The van der Waals surface area contributed by atoms with Gasteiger partial charge in [-0.3, -0.25) is 0 Å². The smallest absolute Gasteiger partial charge is 0.126 e. The molecule has 0 amide bonds. The van der Waals surface area contributed by atoms with Gasteiger partial charge in [-0.15, -0.1) is 0 Å². The molecule has 18 heavy (non-hydrogen) atoms. The number of hydrogen-bond acceptors (Lipinski definition) is 2. The van der Waals surface area contributed by atoms with Crippen LogP contribution in [0.25, 0.3) is 11.3 Å². The normalized spacial score (nSPS) is 11.8. The molecule has 0 saturated heterocycles. The van der Waals surface area contributed by atoms with Gasteiger partial charge in [0.25, 0.3) is 0 Å². The molecule has 0 aliphatic heterocycles. The summed E-state index contributed by atoms with van der Waals surface area (Å²) >= 11 is 6.22. The van der Waals surface area contributed by atoms with E-state index in [0.29, 0.717) is 0 Å². The zero-order valence-electron chi connectivity index (χ0n) is 11.1. The molecule has 4 heteroatoms. The molecule has 0 spiro atoms. The molecule has 2 aromatic rings. The first kappa shape index (κ1) is 13.1. The van der Waals surface area contributed by atoms with Gasteiger partial charge in [-0.05, 0) is 33.9 Å². The zero-order valence-corrected chi connectivity index (χ0v) is 11.9. The maximum Gasteiger partial charge on any atom is 0.126 e. The Kier molecular flexibility index (Phi) is 3.46. The Balaban J connectivity index is 2.52. The number of halogens is 1. The molecule has 0 bridgehead atoms. The summed E-state index contributed by atoms with van der Waals surface area (Å²) in [5.74, 6) is 0.914. The van der Waals surface area contributed by atoms with E-state index < -0.39 is 0 Å². The van der Waals surface area contributed by atoms with Gasteiger partial charge in [-0.1, -0.05) is 29.8 Å². The lowest BCUT2D eigenvalue weighted by molar-refractivity contribution is 0.420. The quantitative estimate of drug-likeness (QED) is 0.890. The van der Waals surface area contributed by atoms with Gasteiger partial charge >= 0.3 is 0 Å². The average molecular weight is 264 g/mol. The lowest BCUT2D eigenvalue weighted by atomic mass is 10.1. The van der Waals surface area contributed by atoms with Crippen molar-refractivity contribution in [1.29, 1.82) is 0 Å². The summed E-state index contributed by atoms with van der Waals surface area (Å²) in [6.07, 6.45) is 0. The van der Waals surface area contributed by atoms with Crippen molar-refractivity contribution in [2.24, 2.45) is 0 Å². The molecule has 0 atom stereocenters. The second-order valence-corrected chi connectivity index (χ2v) is 5.32. The van der Waals surface area contributed by atoms with Crippen LogP contribution in [0.1, 0.15) is 25.4 Å². The van der Waals surface area contributed by atoms with Crippen LogP contribution in [0.3, 0.4) is 0 Å². The highest BCUT2D eigenvalue weighted by Crippen LogP contribution is 2.30. The Morgan fingerprint density at radius 1 is 1.28 bits per heavy atom. The molecule has 1 aromatic heterocycles. The molecule has 0 fully saturated rings. The van der Waals surface area contributed by atoms with Gasteiger partial charge in [0.2, 0.25) is 0 Å². The van der Waals surface area contributed by atoms with E-state index in [4.69, 9.17) is 11.6 Å². The lowest BCUT2D eigenvalue weighted by Gasteiger charge is -2.20. The molecule has 0 saturated carbocycles. The minimum atomic E-state index is -0.190. The molecule has 0 aliphatic carbocycles. The van der Waals surface area contributed by atoms with E-state index in [1.807, 2.05) is 38.2 Å². The Morgan fingerprint density at radius 2 is 1.94 bits per heavy atom. The summed E-state index contributed by atoms with van der Waals surface area (Å²) in [6, 6.07) is 7.76. The van der Waals surface area contributed by atoms with E-state index in [0.717, 1.165) is 27.8 Å². The van der Waals surface area contributed by atoms with Crippen LogP contribution in [0.5, 0.6) is 0 Å². The number of aryl methyl sites for hydroxylation is 1. The summed E-state index contributed by atoms with van der Waals surface area (Å²) in [7, 11) is 1.92. The molecule has 3 nitrogen and oxygen atoms in total. The van der Waals surface area contributed by atoms with Crippen LogP contribution in [-0.4, -0.2) is 17.0 Å². The van der Waals surface area contributed by atoms with E-state index in [1.165, 1.54) is 0 Å². The highest BCUT2D eigenvalue weighted by Gasteiger charge is 2.23. The van der Waals surface area contributed by atoms with Crippen molar-refractivity contribution in [3.05, 3.63) is 40.8 Å². The maximum atomic E-state index is 6.22. The van der Waals surface area contributed by atoms with Gasteiger partial charge in [-0.25, -0.2) is 4.98 Å². The molecule has 96 valence electrons. The van der Waals surface area contributed by atoms with Gasteiger partial charge < -0.3 is 10.3 Å². The largest absolute Gasteiger partial charge is 0.344 e. The number of aromatic amines is 1. The van der Waals surface area contributed by atoms with Crippen LogP contribution < -0.4 is 5.32 Å². The summed E-state index contributed by atoms with van der Waals surface area (Å²) < 4.78 is 0. The van der Waals surface area contributed by atoms with E-state index in [1.54, 1.807) is 0 Å². The lowest BCUT2D eigenvalue weighted by Crippen LogP contribution is -2.34. The fourth-order valence-electron chi connectivity index (χ4n) is 1.79. The molecular weight excluding hydrogens is 246 g/mol. The minimum Gasteiger partial charge on any atom is -0.344 e. The fraction of sp³-hybridized carbons (Fsp3) is 0.357. The third-order valence-corrected chi connectivity index (χ3v) is 3.56. The Hall–Kier alpha value is -1.32. The van der Waals surface area contributed by atoms with E-state index >= 15 is 0 Å². The van der Waals surface area contributed by atoms with Crippen molar-refractivity contribution in [1.82, 2.24) is 15.3 Å². The molecule has 0 aliphatic rings. The summed E-state index contributed by atoms with van der Waals surface area (Å²) in [5, 5.41) is 3.96. The van der Waals surface area contributed by atoms with Crippen LogP contribution in [0.4, 0.5) is 0 Å². The van der Waals surface area contributed by atoms with Gasteiger partial charge in [0.15, 0.2) is 0 Å². The number of rotatable bonds is 3. The van der Waals surface area contributed by atoms with Gasteiger partial charge in [0.1, 0.15) is 5.82 Å². The molecular formula is C14H18ClN3. The number of imidazole rings is 1. The van der Waals surface area contributed by atoms with E-state index in [2.05, 4.69) is 29.1 Å². The van der Waals surface area contributed by atoms with Gasteiger partial charge in [0, 0.05) is 11.3 Å². The molecule has 2 N–H and O–H groups in total. The van der Waals surface area contributed by atoms with Gasteiger partial charge in [0.05, 0.1) is 16.3 Å². The molecule has 2 rings (SSSR count). The van der Waals surface area contributed by atoms with Crippen molar-refractivity contribution in [3.63, 3.8) is 0 Å². The van der Waals surface area contributed by atoms with Crippen LogP contribution in [0, 0.1) is 6.92 Å². The van der Waals surface area contributed by atoms with Crippen molar-refractivity contribution < 1.29 is 0 Å². The Morgan fingerprint density at radius 3 is 2.56 bits per heavy atom. The van der Waals surface area contributed by atoms with Crippen molar-refractivity contribution in [3.8, 4) is 11.3 Å². The first-order valence-electron chi connectivity index (χ1n) is 5.96. The summed E-state index contributed by atoms with van der Waals surface area (Å²) in [6.45, 7) is 6.18. The number of nitrogens with zero attached hydrogens (tertiary/aromatic N) is 1. The average Bonchev–Trinajstić information content (AvgIpc) is 2.73. The second kappa shape index (κ2) is 4.75. The van der Waals surface area contributed by atoms with Crippen molar-refractivity contribution >= 4 is 11.6 Å². The fourth-order valence-corrected chi connectivity index (χ4v) is 2.02. The van der Waals surface area contributed by atoms with Crippen LogP contribution in [0.15, 0.2) is 24.3 Å². The van der Waals surface area contributed by atoms with Crippen LogP contribution in [0.2, 0.25) is 5.02 Å². The second-order valence-electron chi connectivity index (χ2n) is 4.91. The summed E-state index contributed by atoms with van der Waals surface area (Å²) in [4.78, 5) is 8.01. The predicted octanol–water partition coefficient (Wildman–Crippen LogP) is 3.49. The third-order valence-electron chi connectivity index (χ3n) is 3.23. The molecule has 1 heterocycles. The number of hydrogen-bond donors (Lipinski definition) is 2. The maximum absolute atomic E-state index is 6.22. The minimum absolute atomic E-state index is 0.190. The highest BCUT2D eigenvalue weighted by atomic mass is 35.5. The molecule has 0 unspecified atom stereocenters. The molecule has 1 aromatic carbocycles. The van der Waals surface area contributed by atoms with Crippen molar-refractivity contribution in [2.45, 2.75) is 26.3 Å². The van der Waals surface area contributed by atoms with Crippen LogP contribution in [-0.2, 0) is 5.54 Å². The first-order valence-corrected chi connectivity index (χ1v) is 6.34. The summed E-state index contributed by atoms with van der Waals surface area (Å²) in [5.41, 5.74) is 2.72. The van der Waals surface area contributed by atoms with E-state index in [9.17, 15) is 0 Å². The first-order chi connectivity index (χ1) is 8.45. The number of benzene rings is 1. The SMILES string of the molecule is CNC(C)(C)c1nc(-c2ccccc2Cl)c(C)[nH]1. The monoisotopic (exact) mass is 263 g/mol. The number of nitrogens with one attached hydrogen (secondary N) is 2. The predicted molar refractivity (Wildman–Crippen MR) is 75.9 cm³/mol. The number of H-pyrrole nitrogens is 1. The van der Waals surface area contributed by atoms with Crippen molar-refractivity contribution in [2.75, 3.05) is 7.05 Å². The third kappa shape index (κ3) is 2.28. The Labute approximate surface area is 113 Å². The topological polar surface area (TPSA) is 40.7 Å². The standard InChI is InChI=1S/C14H18ClN3/c1-9-12(10-7-5-6-8-11(10)15)18-13(17-9)14(2,3)16-4/h5-8,16H,1-4H3,(H,17,18). The van der Waals surface area contributed by atoms with Crippen LogP contribution >= 0.6 is 11.6 Å². The van der Waals surface area contributed by atoms with Gasteiger partial charge in [-0.2, -0.15) is 0 Å². The zero-order chi connectivity index (χ0) is 13.3.